The molecule has 0 amide bonds. The molecule has 26 heavy (non-hydrogen) atoms. The van der Waals surface area contributed by atoms with Crippen molar-refractivity contribution in [1.29, 1.82) is 0 Å². The fraction of sp³-hybridized carbons (Fsp3) is 0.750. The first kappa shape index (κ1) is 19.2. The Morgan fingerprint density at radius 2 is 2.27 bits per heavy atom. The van der Waals surface area contributed by atoms with Crippen LogP contribution in [0.15, 0.2) is 27.8 Å². The number of aliphatic imine (C=N–C) groups is 1. The summed E-state index contributed by atoms with van der Waals surface area (Å²) in [6.45, 7) is 7.84. The Kier molecular flexibility index (Phi) is 6.97. The molecule has 146 valence electrons. The van der Waals surface area contributed by atoms with Crippen LogP contribution in [0.2, 0.25) is 0 Å². The molecule has 1 spiro atoms. The first-order valence-corrected chi connectivity index (χ1v) is 10.0. The molecule has 2 aliphatic carbocycles. The minimum absolute atomic E-state index is 0.346. The van der Waals surface area contributed by atoms with Gasteiger partial charge in [0, 0.05) is 37.8 Å². The Hall–Kier alpha value is -1.53. The fourth-order valence-electron chi connectivity index (χ4n) is 4.05. The van der Waals surface area contributed by atoms with Gasteiger partial charge in [-0.15, -0.1) is 0 Å². The topological polar surface area (TPSA) is 68.0 Å². The molecule has 3 rings (SSSR count). The van der Waals surface area contributed by atoms with E-state index in [4.69, 9.17) is 18.9 Å². The van der Waals surface area contributed by atoms with Crippen LogP contribution in [0.5, 0.6) is 0 Å². The summed E-state index contributed by atoms with van der Waals surface area (Å²) in [6.07, 6.45) is 7.95. The summed E-state index contributed by atoms with van der Waals surface area (Å²) in [4.78, 5) is 4.71. The maximum atomic E-state index is 5.94. The molecule has 1 heterocycles. The minimum Gasteiger partial charge on any atom is -0.467 e. The summed E-state index contributed by atoms with van der Waals surface area (Å²) < 4.78 is 16.8. The molecule has 6 nitrogen and oxygen atoms in total. The molecule has 2 saturated carbocycles. The van der Waals surface area contributed by atoms with Crippen LogP contribution in [0.4, 0.5) is 0 Å². The quantitative estimate of drug-likeness (QED) is 0.380. The lowest BCUT2D eigenvalue weighted by Gasteiger charge is -2.61. The van der Waals surface area contributed by atoms with Crippen LogP contribution in [0, 0.1) is 5.41 Å². The number of hydrogen-bond acceptors (Lipinski definition) is 4. The molecule has 0 aliphatic heterocycles. The molecule has 2 unspecified atom stereocenters. The summed E-state index contributed by atoms with van der Waals surface area (Å²) in [7, 11) is 0. The number of hydrogen-bond donors (Lipinski definition) is 2. The molecule has 0 aromatic carbocycles. The Balaban J connectivity index is 1.40. The van der Waals surface area contributed by atoms with E-state index < -0.39 is 0 Å². The number of rotatable bonds is 10. The van der Waals surface area contributed by atoms with Crippen molar-refractivity contribution in [3.63, 3.8) is 0 Å². The van der Waals surface area contributed by atoms with E-state index in [1.807, 2.05) is 12.1 Å². The molecule has 0 saturated heterocycles. The molecule has 2 atom stereocenters. The second-order valence-electron chi connectivity index (χ2n) is 7.21. The predicted octanol–water partition coefficient (Wildman–Crippen LogP) is 3.09. The maximum Gasteiger partial charge on any atom is 0.191 e. The van der Waals surface area contributed by atoms with E-state index in [1.54, 1.807) is 6.26 Å². The summed E-state index contributed by atoms with van der Waals surface area (Å²) in [6, 6.07) is 4.29. The third-order valence-corrected chi connectivity index (χ3v) is 5.63. The van der Waals surface area contributed by atoms with Gasteiger partial charge in [-0.1, -0.05) is 6.42 Å². The second-order valence-corrected chi connectivity index (χ2v) is 7.21. The number of ether oxygens (including phenoxy) is 2. The molecule has 2 N–H and O–H groups in total. The average Bonchev–Trinajstić information content (AvgIpc) is 3.08. The van der Waals surface area contributed by atoms with Crippen LogP contribution in [0.1, 0.15) is 51.7 Å². The van der Waals surface area contributed by atoms with Crippen molar-refractivity contribution in [2.75, 3.05) is 26.3 Å². The molecule has 0 bridgehead atoms. The van der Waals surface area contributed by atoms with E-state index >= 15 is 0 Å². The van der Waals surface area contributed by atoms with Gasteiger partial charge in [-0.3, -0.25) is 4.99 Å². The first-order chi connectivity index (χ1) is 12.8. The predicted molar refractivity (Wildman–Crippen MR) is 102 cm³/mol. The van der Waals surface area contributed by atoms with Gasteiger partial charge >= 0.3 is 0 Å². The zero-order valence-corrected chi connectivity index (χ0v) is 16.1. The van der Waals surface area contributed by atoms with E-state index in [1.165, 1.54) is 19.3 Å². The van der Waals surface area contributed by atoms with Crippen molar-refractivity contribution < 1.29 is 13.9 Å². The largest absolute Gasteiger partial charge is 0.467 e. The number of nitrogens with one attached hydrogen (secondary N) is 2. The highest BCUT2D eigenvalue weighted by atomic mass is 16.5. The zero-order chi connectivity index (χ0) is 18.2. The van der Waals surface area contributed by atoms with E-state index in [0.29, 0.717) is 30.8 Å². The van der Waals surface area contributed by atoms with Gasteiger partial charge in [0.25, 0.3) is 0 Å². The van der Waals surface area contributed by atoms with Crippen molar-refractivity contribution in [2.45, 2.75) is 64.7 Å². The standard InChI is InChI=1S/C20H33N3O3/c1-3-21-19(22-11-7-12-24-15-16-8-5-13-26-16)23-17-14-18(25-4-2)20(17)9-6-10-20/h5,8,13,17-18H,3-4,6-7,9-12,14-15H2,1-2H3,(H2,21,22,23). The zero-order valence-electron chi connectivity index (χ0n) is 16.1. The highest BCUT2D eigenvalue weighted by molar-refractivity contribution is 5.80. The highest BCUT2D eigenvalue weighted by Gasteiger charge is 2.59. The van der Waals surface area contributed by atoms with Gasteiger partial charge in [0.05, 0.1) is 12.4 Å². The lowest BCUT2D eigenvalue weighted by Crippen LogP contribution is -2.68. The first-order valence-electron chi connectivity index (χ1n) is 10.0. The molecular formula is C20H33N3O3. The van der Waals surface area contributed by atoms with Crippen molar-refractivity contribution >= 4 is 5.96 Å². The summed E-state index contributed by atoms with van der Waals surface area (Å²) in [5.74, 6) is 1.79. The van der Waals surface area contributed by atoms with Crippen molar-refractivity contribution in [3.05, 3.63) is 24.2 Å². The van der Waals surface area contributed by atoms with Crippen molar-refractivity contribution in [3.8, 4) is 0 Å². The molecule has 1 aromatic heterocycles. The second kappa shape index (κ2) is 9.42. The Morgan fingerprint density at radius 1 is 1.38 bits per heavy atom. The van der Waals surface area contributed by atoms with Gasteiger partial charge in [0.2, 0.25) is 0 Å². The van der Waals surface area contributed by atoms with Crippen molar-refractivity contribution in [1.82, 2.24) is 10.6 Å². The molecule has 1 aromatic rings. The minimum atomic E-state index is 0.346. The van der Waals surface area contributed by atoms with E-state index in [2.05, 4.69) is 24.5 Å². The van der Waals surface area contributed by atoms with Gasteiger partial charge in [-0.2, -0.15) is 0 Å². The Morgan fingerprint density at radius 3 is 2.92 bits per heavy atom. The smallest absolute Gasteiger partial charge is 0.191 e. The van der Waals surface area contributed by atoms with Gasteiger partial charge in [-0.25, -0.2) is 0 Å². The number of guanidine groups is 1. The van der Waals surface area contributed by atoms with Gasteiger partial charge < -0.3 is 24.5 Å². The number of furan rings is 1. The Bertz CT molecular complexity index is 555. The highest BCUT2D eigenvalue weighted by Crippen LogP contribution is 2.57. The van der Waals surface area contributed by atoms with Crippen LogP contribution >= 0.6 is 0 Å². The monoisotopic (exact) mass is 363 g/mol. The van der Waals surface area contributed by atoms with Crippen LogP contribution < -0.4 is 10.6 Å². The van der Waals surface area contributed by atoms with Crippen LogP contribution in [-0.2, 0) is 16.1 Å². The molecule has 6 heteroatoms. The van der Waals surface area contributed by atoms with Crippen LogP contribution in [0.25, 0.3) is 0 Å². The lowest BCUT2D eigenvalue weighted by atomic mass is 9.51. The third-order valence-electron chi connectivity index (χ3n) is 5.63. The fourth-order valence-corrected chi connectivity index (χ4v) is 4.05. The van der Waals surface area contributed by atoms with Crippen LogP contribution in [0.3, 0.4) is 0 Å². The van der Waals surface area contributed by atoms with Gasteiger partial charge in [0.1, 0.15) is 12.4 Å². The summed E-state index contributed by atoms with van der Waals surface area (Å²) >= 11 is 0. The third kappa shape index (κ3) is 4.41. The van der Waals surface area contributed by atoms with Gasteiger partial charge in [0.15, 0.2) is 5.96 Å². The van der Waals surface area contributed by atoms with E-state index in [9.17, 15) is 0 Å². The maximum absolute atomic E-state index is 5.94. The van der Waals surface area contributed by atoms with Crippen LogP contribution in [-0.4, -0.2) is 44.4 Å². The van der Waals surface area contributed by atoms with E-state index in [0.717, 1.165) is 44.3 Å². The molecular weight excluding hydrogens is 330 g/mol. The number of nitrogens with zero attached hydrogens (tertiary/aromatic N) is 1. The normalized spacial score (nSPS) is 24.2. The van der Waals surface area contributed by atoms with E-state index in [-0.39, 0.29) is 0 Å². The average molecular weight is 364 g/mol. The molecule has 2 fully saturated rings. The Labute approximate surface area is 156 Å². The molecule has 2 aliphatic rings. The SMILES string of the molecule is CCNC(=NCCCOCc1ccco1)NC1CC(OCC)C12CCC2. The lowest BCUT2D eigenvalue weighted by molar-refractivity contribution is -0.168. The van der Waals surface area contributed by atoms with Gasteiger partial charge in [-0.05, 0) is 51.7 Å². The molecule has 0 radical (unpaired) electrons. The summed E-state index contributed by atoms with van der Waals surface area (Å²) in [5, 5.41) is 7.02. The van der Waals surface area contributed by atoms with Crippen molar-refractivity contribution in [2.24, 2.45) is 10.4 Å². The summed E-state index contributed by atoms with van der Waals surface area (Å²) in [5.41, 5.74) is 0.346.